The lowest BCUT2D eigenvalue weighted by Crippen LogP contribution is -2.45. The molecule has 6 nitrogen and oxygen atoms in total. The van der Waals surface area contributed by atoms with E-state index in [0.29, 0.717) is 11.6 Å². The first-order valence-corrected chi connectivity index (χ1v) is 9.30. The van der Waals surface area contributed by atoms with Crippen LogP contribution in [0.15, 0.2) is 72.2 Å². The predicted octanol–water partition coefficient (Wildman–Crippen LogP) is 3.62. The normalized spacial score (nSPS) is 11.4. The van der Waals surface area contributed by atoms with Crippen LogP contribution in [0.1, 0.15) is 11.1 Å². The molecule has 1 heterocycles. The van der Waals surface area contributed by atoms with Gasteiger partial charge in [0.25, 0.3) is 0 Å². The molecule has 0 bridgehead atoms. The van der Waals surface area contributed by atoms with E-state index in [2.05, 4.69) is 15.6 Å². The van der Waals surface area contributed by atoms with Crippen molar-refractivity contribution in [2.75, 3.05) is 5.32 Å². The molecular formula is C20H19N3O3S. The summed E-state index contributed by atoms with van der Waals surface area (Å²) in [6.07, 6.45) is 1.31. The number of hydrogen-bond donors (Lipinski definition) is 2. The van der Waals surface area contributed by atoms with E-state index in [4.69, 9.17) is 4.74 Å². The number of amides is 2. The fourth-order valence-corrected chi connectivity index (χ4v) is 2.98. The molecule has 0 saturated carbocycles. The molecule has 2 aromatic carbocycles. The van der Waals surface area contributed by atoms with Gasteiger partial charge in [0.2, 0.25) is 5.91 Å². The van der Waals surface area contributed by atoms with Gasteiger partial charge in [0, 0.05) is 18.0 Å². The summed E-state index contributed by atoms with van der Waals surface area (Å²) in [5, 5.41) is 7.62. The number of nitrogens with zero attached hydrogens (tertiary/aromatic N) is 1. The fraction of sp³-hybridized carbons (Fsp3) is 0.150. The Labute approximate surface area is 161 Å². The molecule has 1 aromatic heterocycles. The average Bonchev–Trinajstić information content (AvgIpc) is 3.20. The summed E-state index contributed by atoms with van der Waals surface area (Å²) in [4.78, 5) is 28.9. The van der Waals surface area contributed by atoms with Gasteiger partial charge < -0.3 is 15.4 Å². The number of nitrogens with one attached hydrogen (secondary N) is 2. The Morgan fingerprint density at radius 1 is 1.00 bits per heavy atom. The first-order chi connectivity index (χ1) is 13.2. The number of carbonyl (C=O) groups is 2. The monoisotopic (exact) mass is 381 g/mol. The van der Waals surface area contributed by atoms with Crippen molar-refractivity contribution in [3.05, 3.63) is 83.4 Å². The SMILES string of the molecule is O=C(N[C@H](Cc1ccccc1)C(=O)Nc1nccs1)OCc1ccccc1. The second kappa shape index (κ2) is 9.49. The number of rotatable bonds is 7. The Morgan fingerprint density at radius 3 is 2.30 bits per heavy atom. The van der Waals surface area contributed by atoms with Gasteiger partial charge in [-0.1, -0.05) is 60.7 Å². The Bertz CT molecular complexity index is 855. The summed E-state index contributed by atoms with van der Waals surface area (Å²) in [7, 11) is 0. The molecule has 0 radical (unpaired) electrons. The van der Waals surface area contributed by atoms with E-state index in [1.807, 2.05) is 60.7 Å². The largest absolute Gasteiger partial charge is 0.445 e. The third-order valence-corrected chi connectivity index (χ3v) is 4.45. The molecule has 2 N–H and O–H groups in total. The number of alkyl carbamates (subject to hydrolysis) is 1. The molecule has 0 fully saturated rings. The van der Waals surface area contributed by atoms with Crippen LogP contribution < -0.4 is 10.6 Å². The standard InChI is InChI=1S/C20H19N3O3S/c24-18(23-19-21-11-12-27-19)17(13-15-7-3-1-4-8-15)22-20(25)26-14-16-9-5-2-6-10-16/h1-12,17H,13-14H2,(H,22,25)(H,21,23,24)/t17-/m1/s1. The predicted molar refractivity (Wildman–Crippen MR) is 104 cm³/mol. The van der Waals surface area contributed by atoms with Crippen molar-refractivity contribution >= 4 is 28.5 Å². The van der Waals surface area contributed by atoms with Crippen LogP contribution in [0, 0.1) is 0 Å². The minimum Gasteiger partial charge on any atom is -0.445 e. The number of ether oxygens (including phenoxy) is 1. The molecule has 27 heavy (non-hydrogen) atoms. The first-order valence-electron chi connectivity index (χ1n) is 8.42. The number of hydrogen-bond acceptors (Lipinski definition) is 5. The highest BCUT2D eigenvalue weighted by molar-refractivity contribution is 7.13. The molecule has 3 aromatic rings. The summed E-state index contributed by atoms with van der Waals surface area (Å²) in [6.45, 7) is 0.138. The fourth-order valence-electron chi connectivity index (χ4n) is 2.44. The maximum absolute atomic E-state index is 12.6. The topological polar surface area (TPSA) is 80.3 Å². The van der Waals surface area contributed by atoms with E-state index in [9.17, 15) is 9.59 Å². The zero-order valence-electron chi connectivity index (χ0n) is 14.5. The van der Waals surface area contributed by atoms with Crippen molar-refractivity contribution in [2.24, 2.45) is 0 Å². The van der Waals surface area contributed by atoms with E-state index in [-0.39, 0.29) is 12.5 Å². The molecule has 3 rings (SSSR count). The van der Waals surface area contributed by atoms with Gasteiger partial charge in [0.1, 0.15) is 12.6 Å². The van der Waals surface area contributed by atoms with E-state index >= 15 is 0 Å². The van der Waals surface area contributed by atoms with E-state index < -0.39 is 12.1 Å². The molecule has 0 unspecified atom stereocenters. The molecule has 0 aliphatic carbocycles. The second-order valence-electron chi connectivity index (χ2n) is 5.77. The maximum Gasteiger partial charge on any atom is 0.408 e. The summed E-state index contributed by atoms with van der Waals surface area (Å²) in [5.74, 6) is -0.342. The van der Waals surface area contributed by atoms with Crippen LogP contribution in [0.3, 0.4) is 0 Å². The van der Waals surface area contributed by atoms with Crippen molar-refractivity contribution in [1.82, 2.24) is 10.3 Å². The van der Waals surface area contributed by atoms with E-state index in [1.54, 1.807) is 11.6 Å². The Hall–Kier alpha value is -3.19. The highest BCUT2D eigenvalue weighted by atomic mass is 32.1. The molecule has 2 amide bonds. The number of carbonyl (C=O) groups excluding carboxylic acids is 2. The van der Waals surface area contributed by atoms with Crippen molar-refractivity contribution in [3.8, 4) is 0 Å². The highest BCUT2D eigenvalue weighted by Crippen LogP contribution is 2.12. The first kappa shape index (κ1) is 18.6. The van der Waals surface area contributed by atoms with E-state index in [1.165, 1.54) is 11.3 Å². The highest BCUT2D eigenvalue weighted by Gasteiger charge is 2.22. The van der Waals surface area contributed by atoms with Crippen LogP contribution in [-0.4, -0.2) is 23.0 Å². The number of anilines is 1. The molecule has 0 spiro atoms. The third-order valence-electron chi connectivity index (χ3n) is 3.77. The number of benzene rings is 2. The Morgan fingerprint density at radius 2 is 1.67 bits per heavy atom. The van der Waals surface area contributed by atoms with Gasteiger partial charge in [-0.2, -0.15) is 0 Å². The molecule has 0 saturated heterocycles. The van der Waals surface area contributed by atoms with Crippen LogP contribution in [0.4, 0.5) is 9.93 Å². The summed E-state index contributed by atoms with van der Waals surface area (Å²) < 4.78 is 5.24. The summed E-state index contributed by atoms with van der Waals surface area (Å²) >= 11 is 1.31. The van der Waals surface area contributed by atoms with Gasteiger partial charge in [0.05, 0.1) is 0 Å². The maximum atomic E-state index is 12.6. The zero-order valence-corrected chi connectivity index (χ0v) is 15.3. The van der Waals surface area contributed by atoms with Crippen LogP contribution in [0.2, 0.25) is 0 Å². The molecule has 7 heteroatoms. The minimum absolute atomic E-state index is 0.138. The third kappa shape index (κ3) is 5.93. The smallest absolute Gasteiger partial charge is 0.408 e. The number of thiazole rings is 1. The Kier molecular flexibility index (Phi) is 6.54. The van der Waals surface area contributed by atoms with Gasteiger partial charge >= 0.3 is 6.09 Å². The van der Waals surface area contributed by atoms with Gasteiger partial charge in [-0.05, 0) is 11.1 Å². The molecule has 0 aliphatic heterocycles. The van der Waals surface area contributed by atoms with Gasteiger partial charge in [-0.15, -0.1) is 11.3 Å². The average molecular weight is 381 g/mol. The molecule has 0 aliphatic rings. The molecule has 1 atom stereocenters. The van der Waals surface area contributed by atoms with Crippen molar-refractivity contribution < 1.29 is 14.3 Å². The Balaban J connectivity index is 1.63. The summed E-state index contributed by atoms with van der Waals surface area (Å²) in [5.41, 5.74) is 1.81. The second-order valence-corrected chi connectivity index (χ2v) is 6.67. The van der Waals surface area contributed by atoms with Crippen LogP contribution >= 0.6 is 11.3 Å². The lowest BCUT2D eigenvalue weighted by atomic mass is 10.1. The van der Waals surface area contributed by atoms with Crippen LogP contribution in [0.5, 0.6) is 0 Å². The van der Waals surface area contributed by atoms with Crippen molar-refractivity contribution in [1.29, 1.82) is 0 Å². The van der Waals surface area contributed by atoms with Crippen LogP contribution in [-0.2, 0) is 22.6 Å². The molecular weight excluding hydrogens is 362 g/mol. The quantitative estimate of drug-likeness (QED) is 0.655. The molecule has 138 valence electrons. The van der Waals surface area contributed by atoms with Crippen LogP contribution in [0.25, 0.3) is 0 Å². The minimum atomic E-state index is -0.778. The van der Waals surface area contributed by atoms with Crippen molar-refractivity contribution in [3.63, 3.8) is 0 Å². The lowest BCUT2D eigenvalue weighted by Gasteiger charge is -2.18. The van der Waals surface area contributed by atoms with Crippen molar-refractivity contribution in [2.45, 2.75) is 19.1 Å². The van der Waals surface area contributed by atoms with Gasteiger partial charge in [-0.3, -0.25) is 4.79 Å². The van der Waals surface area contributed by atoms with Gasteiger partial charge in [-0.25, -0.2) is 9.78 Å². The zero-order chi connectivity index (χ0) is 18.9. The number of aromatic nitrogens is 1. The van der Waals surface area contributed by atoms with E-state index in [0.717, 1.165) is 11.1 Å². The lowest BCUT2D eigenvalue weighted by molar-refractivity contribution is -0.118. The summed E-state index contributed by atoms with van der Waals surface area (Å²) in [6, 6.07) is 18.1. The van der Waals surface area contributed by atoms with Gasteiger partial charge in [0.15, 0.2) is 5.13 Å².